The Labute approximate surface area is 201 Å². The van der Waals surface area contributed by atoms with E-state index in [4.69, 9.17) is 0 Å². The number of nitrogens with zero attached hydrogens (tertiary/aromatic N) is 2. The van der Waals surface area contributed by atoms with Crippen molar-refractivity contribution < 1.29 is 13.2 Å². The largest absolute Gasteiger partial charge is 0.326 e. The van der Waals surface area contributed by atoms with Gasteiger partial charge in [-0.2, -0.15) is 16.1 Å². The zero-order chi connectivity index (χ0) is 23.3. The minimum atomic E-state index is -3.51. The Morgan fingerprint density at radius 1 is 0.970 bits per heavy atom. The fourth-order valence-corrected chi connectivity index (χ4v) is 6.78. The van der Waals surface area contributed by atoms with Gasteiger partial charge in [0.25, 0.3) is 0 Å². The highest BCUT2D eigenvalue weighted by Gasteiger charge is 2.32. The molecule has 0 unspecified atom stereocenters. The first-order chi connectivity index (χ1) is 15.9. The summed E-state index contributed by atoms with van der Waals surface area (Å²) in [6, 6.07) is 15.0. The molecule has 4 rings (SSSR count). The number of nitrogens with one attached hydrogen (secondary N) is 1. The minimum Gasteiger partial charge on any atom is -0.326 e. The Morgan fingerprint density at radius 3 is 2.24 bits per heavy atom. The number of anilines is 1. The van der Waals surface area contributed by atoms with E-state index in [1.807, 2.05) is 43.0 Å². The van der Waals surface area contributed by atoms with Crippen molar-refractivity contribution >= 4 is 33.4 Å². The minimum absolute atomic E-state index is 0.0269. The van der Waals surface area contributed by atoms with E-state index in [0.29, 0.717) is 30.8 Å². The fourth-order valence-electron chi connectivity index (χ4n) is 4.33. The first-order valence-corrected chi connectivity index (χ1v) is 14.3. The smallest absolute Gasteiger partial charge is 0.243 e. The van der Waals surface area contributed by atoms with Crippen LogP contribution in [0, 0.1) is 12.8 Å². The fraction of sp³-hybridized carbons (Fsp3) is 0.480. The number of hydrogen-bond acceptors (Lipinski definition) is 5. The molecular weight excluding hydrogens is 454 g/mol. The van der Waals surface area contributed by atoms with E-state index in [9.17, 15) is 13.2 Å². The third-order valence-electron chi connectivity index (χ3n) is 6.53. The lowest BCUT2D eigenvalue weighted by Crippen LogP contribution is -2.41. The molecule has 0 atom stereocenters. The highest BCUT2D eigenvalue weighted by molar-refractivity contribution is 7.99. The SMILES string of the molecule is Cc1ccc(S(=O)(=O)N2CCC(C(=O)Nc3ccc(CCN4CCSCC4)cc3)CC2)cc1. The Bertz CT molecular complexity index is 1030. The van der Waals surface area contributed by atoms with Gasteiger partial charge in [0.05, 0.1) is 4.90 Å². The van der Waals surface area contributed by atoms with Crippen LogP contribution in [-0.2, 0) is 21.2 Å². The van der Waals surface area contributed by atoms with Gasteiger partial charge in [-0.05, 0) is 56.0 Å². The second-order valence-electron chi connectivity index (χ2n) is 8.88. The van der Waals surface area contributed by atoms with Gasteiger partial charge in [0.1, 0.15) is 0 Å². The van der Waals surface area contributed by atoms with Crippen molar-refractivity contribution in [2.45, 2.75) is 31.1 Å². The summed E-state index contributed by atoms with van der Waals surface area (Å²) in [5.74, 6) is 2.25. The lowest BCUT2D eigenvalue weighted by Gasteiger charge is -2.30. The molecule has 8 heteroatoms. The van der Waals surface area contributed by atoms with Crippen LogP contribution in [-0.4, -0.2) is 67.8 Å². The molecule has 2 aromatic carbocycles. The van der Waals surface area contributed by atoms with E-state index in [1.165, 1.54) is 34.5 Å². The van der Waals surface area contributed by atoms with Crippen LogP contribution in [0.15, 0.2) is 53.4 Å². The second-order valence-corrected chi connectivity index (χ2v) is 12.0. The van der Waals surface area contributed by atoms with Gasteiger partial charge in [-0.25, -0.2) is 8.42 Å². The van der Waals surface area contributed by atoms with Crippen LogP contribution in [0.2, 0.25) is 0 Å². The molecule has 1 N–H and O–H groups in total. The monoisotopic (exact) mass is 487 g/mol. The number of benzene rings is 2. The van der Waals surface area contributed by atoms with E-state index in [-0.39, 0.29) is 11.8 Å². The normalized spacial score (nSPS) is 18.8. The van der Waals surface area contributed by atoms with Crippen molar-refractivity contribution in [2.24, 2.45) is 5.92 Å². The van der Waals surface area contributed by atoms with E-state index in [1.54, 1.807) is 12.1 Å². The van der Waals surface area contributed by atoms with Gasteiger partial charge in [0, 0.05) is 55.8 Å². The summed E-state index contributed by atoms with van der Waals surface area (Å²) in [6.07, 6.45) is 2.08. The standard InChI is InChI=1S/C25H33N3O3S2/c1-20-2-8-24(9-3-20)33(30,31)28-14-11-22(12-15-28)25(29)26-23-6-4-21(5-7-23)10-13-27-16-18-32-19-17-27/h2-9,22H,10-19H2,1H3,(H,26,29). The Morgan fingerprint density at radius 2 is 1.61 bits per heavy atom. The average Bonchev–Trinajstić information content (AvgIpc) is 2.84. The van der Waals surface area contributed by atoms with Crippen LogP contribution in [0.5, 0.6) is 0 Å². The highest BCUT2D eigenvalue weighted by Crippen LogP contribution is 2.25. The van der Waals surface area contributed by atoms with E-state index in [2.05, 4.69) is 22.3 Å². The molecule has 0 aliphatic carbocycles. The van der Waals surface area contributed by atoms with Crippen molar-refractivity contribution in [1.82, 2.24) is 9.21 Å². The van der Waals surface area contributed by atoms with Crippen molar-refractivity contribution in [3.05, 3.63) is 59.7 Å². The van der Waals surface area contributed by atoms with Gasteiger partial charge in [0.2, 0.25) is 15.9 Å². The molecule has 0 saturated carbocycles. The molecule has 1 amide bonds. The van der Waals surface area contributed by atoms with Crippen LogP contribution in [0.3, 0.4) is 0 Å². The number of carbonyl (C=O) groups excluding carboxylic acids is 1. The average molecular weight is 488 g/mol. The molecular formula is C25H33N3O3S2. The quantitative estimate of drug-likeness (QED) is 0.646. The van der Waals surface area contributed by atoms with E-state index >= 15 is 0 Å². The van der Waals surface area contributed by atoms with Crippen LogP contribution in [0.1, 0.15) is 24.0 Å². The predicted molar refractivity (Wildman–Crippen MR) is 135 cm³/mol. The molecule has 178 valence electrons. The summed E-state index contributed by atoms with van der Waals surface area (Å²) in [5, 5.41) is 3.02. The first-order valence-electron chi connectivity index (χ1n) is 11.7. The molecule has 2 fully saturated rings. The van der Waals surface area contributed by atoms with Gasteiger partial charge in [-0.1, -0.05) is 29.8 Å². The molecule has 2 aliphatic rings. The number of rotatable bonds is 7. The molecule has 2 aliphatic heterocycles. The maximum atomic E-state index is 12.9. The molecule has 6 nitrogen and oxygen atoms in total. The van der Waals surface area contributed by atoms with Crippen molar-refractivity contribution in [1.29, 1.82) is 0 Å². The molecule has 0 spiro atoms. The number of sulfonamides is 1. The summed E-state index contributed by atoms with van der Waals surface area (Å²) in [5.41, 5.74) is 3.10. The van der Waals surface area contributed by atoms with Crippen LogP contribution in [0.4, 0.5) is 5.69 Å². The highest BCUT2D eigenvalue weighted by atomic mass is 32.2. The number of hydrogen-bond donors (Lipinski definition) is 1. The lowest BCUT2D eigenvalue weighted by atomic mass is 9.97. The van der Waals surface area contributed by atoms with Crippen molar-refractivity contribution in [3.8, 4) is 0 Å². The van der Waals surface area contributed by atoms with E-state index in [0.717, 1.165) is 24.2 Å². The Hall–Kier alpha value is -1.87. The molecule has 0 radical (unpaired) electrons. The van der Waals surface area contributed by atoms with Crippen molar-refractivity contribution in [2.75, 3.05) is 49.5 Å². The topological polar surface area (TPSA) is 69.7 Å². The zero-order valence-electron chi connectivity index (χ0n) is 19.2. The van der Waals surface area contributed by atoms with E-state index < -0.39 is 10.0 Å². The van der Waals surface area contributed by atoms with Gasteiger partial charge in [0.15, 0.2) is 0 Å². The lowest BCUT2D eigenvalue weighted by molar-refractivity contribution is -0.120. The first kappa shape index (κ1) is 24.3. The zero-order valence-corrected chi connectivity index (χ0v) is 20.8. The summed E-state index contributed by atoms with van der Waals surface area (Å²) in [6.45, 7) is 6.08. The number of thioether (sulfide) groups is 1. The third kappa shape index (κ3) is 6.38. The molecule has 2 saturated heterocycles. The molecule has 2 heterocycles. The van der Waals surface area contributed by atoms with Gasteiger partial charge in [-0.15, -0.1) is 0 Å². The summed E-state index contributed by atoms with van der Waals surface area (Å²) < 4.78 is 27.2. The third-order valence-corrected chi connectivity index (χ3v) is 9.38. The van der Waals surface area contributed by atoms with Crippen LogP contribution >= 0.6 is 11.8 Å². The number of carbonyl (C=O) groups is 1. The van der Waals surface area contributed by atoms with Crippen LogP contribution in [0.25, 0.3) is 0 Å². The Balaban J connectivity index is 1.25. The maximum Gasteiger partial charge on any atom is 0.243 e. The number of amides is 1. The summed E-state index contributed by atoms with van der Waals surface area (Å²) in [4.78, 5) is 15.6. The molecule has 0 aromatic heterocycles. The van der Waals surface area contributed by atoms with Gasteiger partial charge in [-0.3, -0.25) is 4.79 Å². The molecule has 0 bridgehead atoms. The molecule has 33 heavy (non-hydrogen) atoms. The van der Waals surface area contributed by atoms with Gasteiger partial charge < -0.3 is 10.2 Å². The molecule has 2 aromatic rings. The van der Waals surface area contributed by atoms with Crippen molar-refractivity contribution in [3.63, 3.8) is 0 Å². The number of piperidine rings is 1. The van der Waals surface area contributed by atoms with Crippen LogP contribution < -0.4 is 5.32 Å². The number of aryl methyl sites for hydroxylation is 1. The maximum absolute atomic E-state index is 12.9. The van der Waals surface area contributed by atoms with Gasteiger partial charge >= 0.3 is 0 Å². The second kappa shape index (κ2) is 11.0. The summed E-state index contributed by atoms with van der Waals surface area (Å²) in [7, 11) is -3.51. The Kier molecular flexibility index (Phi) is 8.11. The predicted octanol–water partition coefficient (Wildman–Crippen LogP) is 3.63. The summed E-state index contributed by atoms with van der Waals surface area (Å²) >= 11 is 2.03.